The van der Waals surface area contributed by atoms with Crippen LogP contribution in [-0.2, 0) is 21.2 Å². The Morgan fingerprint density at radius 2 is 1.89 bits per heavy atom. The average molecular weight is 272 g/mol. The van der Waals surface area contributed by atoms with E-state index in [-0.39, 0.29) is 24.4 Å². The van der Waals surface area contributed by atoms with Gasteiger partial charge in [0.1, 0.15) is 0 Å². The van der Waals surface area contributed by atoms with E-state index in [1.54, 1.807) is 12.1 Å². The van der Waals surface area contributed by atoms with Gasteiger partial charge >= 0.3 is 5.97 Å². The van der Waals surface area contributed by atoms with Gasteiger partial charge in [-0.1, -0.05) is 12.1 Å². The van der Waals surface area contributed by atoms with Crippen LogP contribution in [0.2, 0.25) is 0 Å². The number of hydrogen-bond acceptors (Lipinski definition) is 4. The predicted molar refractivity (Wildman–Crippen MR) is 66.6 cm³/mol. The van der Waals surface area contributed by atoms with Crippen LogP contribution in [0.1, 0.15) is 12.0 Å². The minimum atomic E-state index is -3.52. The standard InChI is InChI=1S/C11H16N2O4S/c12-7-8-13-18(16,17)10-4-1-9(2-5-10)3-6-11(14)15/h1-2,4-5,13H,3,6-8,12H2,(H,14,15). The molecule has 0 fully saturated rings. The van der Waals surface area contributed by atoms with E-state index in [1.807, 2.05) is 0 Å². The SMILES string of the molecule is NCCNS(=O)(=O)c1ccc(CCC(=O)O)cc1. The van der Waals surface area contributed by atoms with Crippen LogP contribution >= 0.6 is 0 Å². The summed E-state index contributed by atoms with van der Waals surface area (Å²) >= 11 is 0. The van der Waals surface area contributed by atoms with Gasteiger partial charge in [-0.15, -0.1) is 0 Å². The smallest absolute Gasteiger partial charge is 0.303 e. The van der Waals surface area contributed by atoms with Gasteiger partial charge in [0.05, 0.1) is 4.90 Å². The number of nitrogens with two attached hydrogens (primary N) is 1. The molecule has 7 heteroatoms. The number of rotatable bonds is 7. The summed E-state index contributed by atoms with van der Waals surface area (Å²) in [7, 11) is -3.52. The summed E-state index contributed by atoms with van der Waals surface area (Å²) in [5.41, 5.74) is 6.01. The van der Waals surface area contributed by atoms with Crippen molar-refractivity contribution < 1.29 is 18.3 Å². The van der Waals surface area contributed by atoms with Crippen LogP contribution in [0.5, 0.6) is 0 Å². The van der Waals surface area contributed by atoms with Crippen LogP contribution in [0.3, 0.4) is 0 Å². The van der Waals surface area contributed by atoms with Crippen molar-refractivity contribution in [2.45, 2.75) is 17.7 Å². The second-order valence-corrected chi connectivity index (χ2v) is 5.49. The fraction of sp³-hybridized carbons (Fsp3) is 0.364. The maximum absolute atomic E-state index is 11.7. The van der Waals surface area contributed by atoms with E-state index in [1.165, 1.54) is 12.1 Å². The molecule has 0 spiro atoms. The lowest BCUT2D eigenvalue weighted by Gasteiger charge is -2.06. The van der Waals surface area contributed by atoms with Crippen molar-refractivity contribution in [2.24, 2.45) is 5.73 Å². The molecule has 0 bridgehead atoms. The van der Waals surface area contributed by atoms with E-state index in [2.05, 4.69) is 4.72 Å². The Balaban J connectivity index is 2.73. The summed E-state index contributed by atoms with van der Waals surface area (Å²) in [4.78, 5) is 10.5. The van der Waals surface area contributed by atoms with E-state index in [9.17, 15) is 13.2 Å². The molecule has 18 heavy (non-hydrogen) atoms. The van der Waals surface area contributed by atoms with Gasteiger partial charge in [0.15, 0.2) is 0 Å². The predicted octanol–water partition coefficient (Wildman–Crippen LogP) is -0.0592. The number of nitrogens with one attached hydrogen (secondary N) is 1. The molecule has 0 aromatic heterocycles. The van der Waals surface area contributed by atoms with Crippen molar-refractivity contribution in [3.8, 4) is 0 Å². The molecular formula is C11H16N2O4S. The van der Waals surface area contributed by atoms with Crippen LogP contribution < -0.4 is 10.5 Å². The van der Waals surface area contributed by atoms with Gasteiger partial charge in [0, 0.05) is 19.5 Å². The normalized spacial score (nSPS) is 11.4. The molecule has 0 unspecified atom stereocenters. The highest BCUT2D eigenvalue weighted by Crippen LogP contribution is 2.11. The molecule has 0 aliphatic rings. The molecule has 0 radical (unpaired) electrons. The van der Waals surface area contributed by atoms with Crippen LogP contribution in [0.15, 0.2) is 29.2 Å². The van der Waals surface area contributed by atoms with E-state index in [0.29, 0.717) is 6.42 Å². The molecule has 0 heterocycles. The molecule has 0 amide bonds. The van der Waals surface area contributed by atoms with Crippen molar-refractivity contribution in [1.29, 1.82) is 0 Å². The summed E-state index contributed by atoms with van der Waals surface area (Å²) in [6.45, 7) is 0.416. The third kappa shape index (κ3) is 4.44. The molecule has 6 nitrogen and oxygen atoms in total. The van der Waals surface area contributed by atoms with Gasteiger partial charge in [-0.2, -0.15) is 0 Å². The molecule has 1 aromatic rings. The molecule has 100 valence electrons. The molecule has 1 aromatic carbocycles. The third-order valence-electron chi connectivity index (χ3n) is 2.30. The van der Waals surface area contributed by atoms with Crippen molar-refractivity contribution in [3.05, 3.63) is 29.8 Å². The Morgan fingerprint density at radius 3 is 2.39 bits per heavy atom. The summed E-state index contributed by atoms with van der Waals surface area (Å²) in [5.74, 6) is -0.878. The first-order valence-corrected chi connectivity index (χ1v) is 6.94. The minimum Gasteiger partial charge on any atom is -0.481 e. The van der Waals surface area contributed by atoms with E-state index in [0.717, 1.165) is 5.56 Å². The number of aryl methyl sites for hydroxylation is 1. The lowest BCUT2D eigenvalue weighted by molar-refractivity contribution is -0.136. The summed E-state index contributed by atoms with van der Waals surface area (Å²) in [6, 6.07) is 6.13. The van der Waals surface area contributed by atoms with Gasteiger partial charge in [-0.3, -0.25) is 4.79 Å². The van der Waals surface area contributed by atoms with Crippen molar-refractivity contribution >= 4 is 16.0 Å². The summed E-state index contributed by atoms with van der Waals surface area (Å²) < 4.78 is 25.8. The van der Waals surface area contributed by atoms with Gasteiger partial charge < -0.3 is 10.8 Å². The molecule has 0 saturated carbocycles. The maximum atomic E-state index is 11.7. The average Bonchev–Trinajstić information content (AvgIpc) is 2.34. The van der Waals surface area contributed by atoms with Crippen LogP contribution in [0, 0.1) is 0 Å². The number of hydrogen-bond donors (Lipinski definition) is 3. The first kappa shape index (κ1) is 14.6. The topological polar surface area (TPSA) is 109 Å². The maximum Gasteiger partial charge on any atom is 0.303 e. The molecule has 0 atom stereocenters. The van der Waals surface area contributed by atoms with Gasteiger partial charge in [0.2, 0.25) is 10.0 Å². The van der Waals surface area contributed by atoms with Crippen molar-refractivity contribution in [2.75, 3.05) is 13.1 Å². The summed E-state index contributed by atoms with van der Waals surface area (Å²) in [6.07, 6.45) is 0.406. The van der Waals surface area contributed by atoms with E-state index >= 15 is 0 Å². The van der Waals surface area contributed by atoms with Crippen molar-refractivity contribution in [3.63, 3.8) is 0 Å². The number of sulfonamides is 1. The van der Waals surface area contributed by atoms with E-state index in [4.69, 9.17) is 10.8 Å². The number of carboxylic acid groups (broad SMARTS) is 1. The molecular weight excluding hydrogens is 256 g/mol. The fourth-order valence-corrected chi connectivity index (χ4v) is 2.41. The molecule has 0 aliphatic heterocycles. The van der Waals surface area contributed by atoms with Gasteiger partial charge in [-0.05, 0) is 24.1 Å². The third-order valence-corrected chi connectivity index (χ3v) is 3.77. The Bertz CT molecular complexity index is 496. The zero-order chi connectivity index (χ0) is 13.6. The minimum absolute atomic E-state index is 0.0253. The van der Waals surface area contributed by atoms with Gasteiger partial charge in [0.25, 0.3) is 0 Å². The number of carboxylic acids is 1. The highest BCUT2D eigenvalue weighted by molar-refractivity contribution is 7.89. The first-order chi connectivity index (χ1) is 8.45. The first-order valence-electron chi connectivity index (χ1n) is 5.46. The molecule has 0 saturated heterocycles. The van der Waals surface area contributed by atoms with Crippen LogP contribution in [-0.4, -0.2) is 32.6 Å². The Kier molecular flexibility index (Phi) is 5.26. The quantitative estimate of drug-likeness (QED) is 0.644. The monoisotopic (exact) mass is 272 g/mol. The number of benzene rings is 1. The van der Waals surface area contributed by atoms with Crippen LogP contribution in [0.4, 0.5) is 0 Å². The Morgan fingerprint density at radius 1 is 1.28 bits per heavy atom. The zero-order valence-corrected chi connectivity index (χ0v) is 10.6. The zero-order valence-electron chi connectivity index (χ0n) is 9.80. The second kappa shape index (κ2) is 6.48. The number of aliphatic carboxylic acids is 1. The van der Waals surface area contributed by atoms with Crippen LogP contribution in [0.25, 0.3) is 0 Å². The lowest BCUT2D eigenvalue weighted by atomic mass is 10.1. The largest absolute Gasteiger partial charge is 0.481 e. The highest BCUT2D eigenvalue weighted by Gasteiger charge is 2.12. The van der Waals surface area contributed by atoms with Gasteiger partial charge in [-0.25, -0.2) is 13.1 Å². The molecule has 1 rings (SSSR count). The number of carbonyl (C=O) groups is 1. The highest BCUT2D eigenvalue weighted by atomic mass is 32.2. The second-order valence-electron chi connectivity index (χ2n) is 3.72. The molecule has 4 N–H and O–H groups in total. The van der Waals surface area contributed by atoms with Crippen molar-refractivity contribution in [1.82, 2.24) is 4.72 Å². The summed E-state index contributed by atoms with van der Waals surface area (Å²) in [5, 5.41) is 8.54. The molecule has 0 aliphatic carbocycles. The van der Waals surface area contributed by atoms with E-state index < -0.39 is 16.0 Å². The fourth-order valence-electron chi connectivity index (χ4n) is 1.36. The lowest BCUT2D eigenvalue weighted by Crippen LogP contribution is -2.29. The Labute approximate surface area is 106 Å². The Hall–Kier alpha value is -1.44.